The summed E-state index contributed by atoms with van der Waals surface area (Å²) in [6, 6.07) is 0.394. The molecule has 13 heavy (non-hydrogen) atoms. The molecule has 1 saturated heterocycles. The van der Waals surface area contributed by atoms with Crippen LogP contribution in [0.2, 0.25) is 0 Å². The number of rotatable bonds is 3. The first-order valence-electron chi connectivity index (χ1n) is 4.31. The summed E-state index contributed by atoms with van der Waals surface area (Å²) in [5, 5.41) is 0. The van der Waals surface area contributed by atoms with Gasteiger partial charge in [-0.2, -0.15) is 13.2 Å². The average Bonchev–Trinajstić information content (AvgIpc) is 1.79. The number of hydrogen-bond acceptors (Lipinski definition) is 2. The van der Waals surface area contributed by atoms with Gasteiger partial charge >= 0.3 is 6.18 Å². The molecule has 0 unspecified atom stereocenters. The van der Waals surface area contributed by atoms with Crippen molar-refractivity contribution < 1.29 is 17.9 Å². The second-order valence-electron chi connectivity index (χ2n) is 3.60. The molecule has 0 N–H and O–H groups in total. The van der Waals surface area contributed by atoms with E-state index in [4.69, 9.17) is 0 Å². The van der Waals surface area contributed by atoms with Gasteiger partial charge < -0.3 is 4.74 Å². The van der Waals surface area contributed by atoms with Gasteiger partial charge in [0.1, 0.15) is 6.61 Å². The highest BCUT2D eigenvalue weighted by atomic mass is 19.4. The molecule has 1 fully saturated rings. The molecule has 5 heteroatoms. The Bertz CT molecular complexity index is 163. The molecule has 2 nitrogen and oxygen atoms in total. The van der Waals surface area contributed by atoms with Crippen molar-refractivity contribution in [1.82, 2.24) is 4.90 Å². The quantitative estimate of drug-likeness (QED) is 0.682. The van der Waals surface area contributed by atoms with Crippen LogP contribution in [0.25, 0.3) is 0 Å². The van der Waals surface area contributed by atoms with E-state index in [2.05, 4.69) is 9.64 Å². The number of ether oxygens (including phenoxy) is 1. The first-order chi connectivity index (χ1) is 5.88. The van der Waals surface area contributed by atoms with E-state index in [0.717, 1.165) is 0 Å². The van der Waals surface area contributed by atoms with Crippen LogP contribution in [0.1, 0.15) is 13.8 Å². The summed E-state index contributed by atoms with van der Waals surface area (Å²) in [6.45, 7) is 4.14. The van der Waals surface area contributed by atoms with Crippen molar-refractivity contribution in [2.45, 2.75) is 32.2 Å². The van der Waals surface area contributed by atoms with Crippen molar-refractivity contribution in [3.05, 3.63) is 0 Å². The predicted octanol–water partition coefficient (Wildman–Crippen LogP) is 1.66. The molecule has 1 rings (SSSR count). The molecular formula is C8H14F3NO. The van der Waals surface area contributed by atoms with Gasteiger partial charge in [0.15, 0.2) is 0 Å². The topological polar surface area (TPSA) is 12.5 Å². The Balaban J connectivity index is 2.09. The van der Waals surface area contributed by atoms with Crippen molar-refractivity contribution in [1.29, 1.82) is 0 Å². The van der Waals surface area contributed by atoms with Crippen molar-refractivity contribution in [2.24, 2.45) is 0 Å². The molecule has 0 saturated carbocycles. The van der Waals surface area contributed by atoms with Crippen LogP contribution in [0.15, 0.2) is 0 Å². The Kier molecular flexibility index (Phi) is 3.18. The summed E-state index contributed by atoms with van der Waals surface area (Å²) in [6.07, 6.45) is -4.43. The maximum Gasteiger partial charge on any atom is 0.411 e. The minimum absolute atomic E-state index is 0.232. The largest absolute Gasteiger partial charge is 0.411 e. The zero-order valence-electron chi connectivity index (χ0n) is 7.77. The fraction of sp³-hybridized carbons (Fsp3) is 1.00. The van der Waals surface area contributed by atoms with Crippen molar-refractivity contribution in [3.63, 3.8) is 0 Å². The molecule has 0 bridgehead atoms. The molecular weight excluding hydrogens is 183 g/mol. The molecule has 1 aliphatic heterocycles. The number of likely N-dealkylation sites (tertiary alicyclic amines) is 1. The molecule has 0 spiro atoms. The minimum Gasteiger partial charge on any atom is -0.366 e. The fourth-order valence-corrected chi connectivity index (χ4v) is 1.21. The summed E-state index contributed by atoms with van der Waals surface area (Å²) in [5.41, 5.74) is 0. The predicted molar refractivity (Wildman–Crippen MR) is 42.5 cm³/mol. The van der Waals surface area contributed by atoms with Crippen molar-refractivity contribution in [2.75, 3.05) is 19.7 Å². The molecule has 0 atom stereocenters. The fourth-order valence-electron chi connectivity index (χ4n) is 1.21. The Hall–Kier alpha value is -0.290. The van der Waals surface area contributed by atoms with Gasteiger partial charge in [0.05, 0.1) is 6.10 Å². The van der Waals surface area contributed by atoms with Crippen LogP contribution < -0.4 is 0 Å². The Morgan fingerprint density at radius 1 is 1.38 bits per heavy atom. The number of halogens is 3. The van der Waals surface area contributed by atoms with Gasteiger partial charge in [-0.3, -0.25) is 4.90 Å². The molecule has 0 aromatic carbocycles. The van der Waals surface area contributed by atoms with E-state index in [1.165, 1.54) is 0 Å². The van der Waals surface area contributed by atoms with Crippen LogP contribution >= 0.6 is 0 Å². The Labute approximate surface area is 75.7 Å². The lowest BCUT2D eigenvalue weighted by atomic mass is 10.1. The molecule has 1 aliphatic rings. The summed E-state index contributed by atoms with van der Waals surface area (Å²) in [7, 11) is 0. The van der Waals surface area contributed by atoms with Gasteiger partial charge in [-0.05, 0) is 13.8 Å². The van der Waals surface area contributed by atoms with Gasteiger partial charge in [0, 0.05) is 19.1 Å². The third-order valence-electron chi connectivity index (χ3n) is 2.09. The van der Waals surface area contributed by atoms with Gasteiger partial charge in [-0.15, -0.1) is 0 Å². The summed E-state index contributed by atoms with van der Waals surface area (Å²) >= 11 is 0. The van der Waals surface area contributed by atoms with Crippen LogP contribution in [0.4, 0.5) is 13.2 Å². The van der Waals surface area contributed by atoms with Crippen molar-refractivity contribution in [3.8, 4) is 0 Å². The monoisotopic (exact) mass is 197 g/mol. The second-order valence-corrected chi connectivity index (χ2v) is 3.60. The molecule has 0 amide bonds. The zero-order valence-corrected chi connectivity index (χ0v) is 7.77. The van der Waals surface area contributed by atoms with Crippen LogP contribution in [0.3, 0.4) is 0 Å². The molecule has 0 aromatic rings. The maximum atomic E-state index is 11.7. The number of alkyl halides is 3. The van der Waals surface area contributed by atoms with Gasteiger partial charge in [-0.25, -0.2) is 0 Å². The summed E-state index contributed by atoms with van der Waals surface area (Å²) in [5.74, 6) is 0. The highest BCUT2D eigenvalue weighted by Crippen LogP contribution is 2.20. The summed E-state index contributed by atoms with van der Waals surface area (Å²) < 4.78 is 39.7. The average molecular weight is 197 g/mol. The lowest BCUT2D eigenvalue weighted by molar-refractivity contribution is -0.200. The third-order valence-corrected chi connectivity index (χ3v) is 2.09. The molecule has 0 radical (unpaired) electrons. The zero-order chi connectivity index (χ0) is 10.1. The minimum atomic E-state index is -4.20. The Morgan fingerprint density at radius 3 is 2.31 bits per heavy atom. The first kappa shape index (κ1) is 10.8. The highest BCUT2D eigenvalue weighted by molar-refractivity contribution is 4.82. The lowest BCUT2D eigenvalue weighted by Crippen LogP contribution is -2.55. The summed E-state index contributed by atoms with van der Waals surface area (Å²) in [4.78, 5) is 2.07. The Morgan fingerprint density at radius 2 is 1.92 bits per heavy atom. The maximum absolute atomic E-state index is 11.7. The van der Waals surface area contributed by atoms with E-state index < -0.39 is 12.8 Å². The van der Waals surface area contributed by atoms with Crippen molar-refractivity contribution >= 4 is 0 Å². The SMILES string of the molecule is CC(C)N1CC(OCC(F)(F)F)C1. The van der Waals surface area contributed by atoms with E-state index in [1.807, 2.05) is 13.8 Å². The lowest BCUT2D eigenvalue weighted by Gasteiger charge is -2.41. The van der Waals surface area contributed by atoms with E-state index in [1.54, 1.807) is 0 Å². The number of hydrogen-bond donors (Lipinski definition) is 0. The van der Waals surface area contributed by atoms with Crippen LogP contribution in [0, 0.1) is 0 Å². The number of nitrogens with zero attached hydrogens (tertiary/aromatic N) is 1. The van der Waals surface area contributed by atoms with Crippen LogP contribution in [-0.4, -0.2) is 42.9 Å². The molecule has 0 aromatic heterocycles. The van der Waals surface area contributed by atoms with Gasteiger partial charge in [0.25, 0.3) is 0 Å². The normalized spacial score (nSPS) is 20.8. The van der Waals surface area contributed by atoms with Crippen LogP contribution in [0.5, 0.6) is 0 Å². The second kappa shape index (κ2) is 3.84. The van der Waals surface area contributed by atoms with E-state index in [0.29, 0.717) is 19.1 Å². The smallest absolute Gasteiger partial charge is 0.366 e. The van der Waals surface area contributed by atoms with Gasteiger partial charge in [0.2, 0.25) is 0 Å². The molecule has 78 valence electrons. The standard InChI is InChI=1S/C8H14F3NO/c1-6(2)12-3-7(4-12)13-5-8(9,10)11/h6-7H,3-5H2,1-2H3. The first-order valence-corrected chi connectivity index (χ1v) is 4.31. The van der Waals surface area contributed by atoms with E-state index >= 15 is 0 Å². The highest BCUT2D eigenvalue weighted by Gasteiger charge is 2.34. The van der Waals surface area contributed by atoms with E-state index in [9.17, 15) is 13.2 Å². The molecule has 0 aliphatic carbocycles. The third kappa shape index (κ3) is 3.52. The van der Waals surface area contributed by atoms with Crippen LogP contribution in [-0.2, 0) is 4.74 Å². The van der Waals surface area contributed by atoms with E-state index in [-0.39, 0.29) is 6.10 Å². The molecule has 1 heterocycles. The van der Waals surface area contributed by atoms with Gasteiger partial charge in [-0.1, -0.05) is 0 Å².